The summed E-state index contributed by atoms with van der Waals surface area (Å²) in [6.07, 6.45) is 2.19. The van der Waals surface area contributed by atoms with Crippen molar-refractivity contribution in [2.45, 2.75) is 0 Å². The molecule has 3 rings (SSSR count). The van der Waals surface area contributed by atoms with Gasteiger partial charge in [-0.1, -0.05) is 6.07 Å². The van der Waals surface area contributed by atoms with E-state index in [-0.39, 0.29) is 11.6 Å². The summed E-state index contributed by atoms with van der Waals surface area (Å²) in [6, 6.07) is 11.5. The first-order valence-corrected chi connectivity index (χ1v) is 8.37. The summed E-state index contributed by atoms with van der Waals surface area (Å²) in [4.78, 5) is 43.1. The van der Waals surface area contributed by atoms with Crippen molar-refractivity contribution in [2.24, 2.45) is 0 Å². The Bertz CT molecular complexity index is 914. The SMILES string of the molecule is N#Cc1cccc(NC(=O)c2cc(C(=O)N3CCN(C=O)CC3)ccn2)c1. The van der Waals surface area contributed by atoms with Gasteiger partial charge in [-0.25, -0.2) is 0 Å². The molecule has 0 atom stereocenters. The Morgan fingerprint density at radius 1 is 1.15 bits per heavy atom. The van der Waals surface area contributed by atoms with E-state index in [1.54, 1.807) is 40.1 Å². The van der Waals surface area contributed by atoms with Crippen LogP contribution in [-0.4, -0.2) is 59.2 Å². The fraction of sp³-hybridized carbons (Fsp3) is 0.211. The lowest BCUT2D eigenvalue weighted by Crippen LogP contribution is -2.48. The van der Waals surface area contributed by atoms with Crippen molar-refractivity contribution in [1.82, 2.24) is 14.8 Å². The molecule has 0 radical (unpaired) electrons. The van der Waals surface area contributed by atoms with Gasteiger partial charge in [0.2, 0.25) is 6.41 Å². The summed E-state index contributed by atoms with van der Waals surface area (Å²) in [7, 11) is 0. The van der Waals surface area contributed by atoms with E-state index in [0.29, 0.717) is 43.0 Å². The zero-order valence-corrected chi connectivity index (χ0v) is 14.5. The summed E-state index contributed by atoms with van der Waals surface area (Å²) < 4.78 is 0. The first kappa shape index (κ1) is 18.1. The minimum Gasteiger partial charge on any atom is -0.342 e. The predicted octanol–water partition coefficient (Wildman–Crippen LogP) is 1.12. The highest BCUT2D eigenvalue weighted by atomic mass is 16.2. The second-order valence-electron chi connectivity index (χ2n) is 6.01. The van der Waals surface area contributed by atoms with E-state index in [9.17, 15) is 14.4 Å². The highest BCUT2D eigenvalue weighted by Crippen LogP contribution is 2.13. The minimum atomic E-state index is -0.467. The maximum absolute atomic E-state index is 12.6. The van der Waals surface area contributed by atoms with Crippen LogP contribution in [0.5, 0.6) is 0 Å². The fourth-order valence-corrected chi connectivity index (χ4v) is 2.76. The van der Waals surface area contributed by atoms with Crippen LogP contribution in [0.1, 0.15) is 26.4 Å². The molecule has 0 aliphatic carbocycles. The quantitative estimate of drug-likeness (QED) is 0.819. The molecule has 1 fully saturated rings. The van der Waals surface area contributed by atoms with Gasteiger partial charge in [-0.2, -0.15) is 5.26 Å². The van der Waals surface area contributed by atoms with Crippen molar-refractivity contribution in [1.29, 1.82) is 5.26 Å². The van der Waals surface area contributed by atoms with Gasteiger partial charge < -0.3 is 15.1 Å². The summed E-state index contributed by atoms with van der Waals surface area (Å²) >= 11 is 0. The molecule has 0 saturated carbocycles. The number of rotatable bonds is 4. The molecule has 1 aromatic heterocycles. The van der Waals surface area contributed by atoms with Gasteiger partial charge in [-0.05, 0) is 30.3 Å². The zero-order chi connectivity index (χ0) is 19.2. The summed E-state index contributed by atoms with van der Waals surface area (Å²) in [6.45, 7) is 1.87. The molecule has 2 heterocycles. The Balaban J connectivity index is 1.71. The Hall–Kier alpha value is -3.73. The number of carbonyl (C=O) groups is 3. The van der Waals surface area contributed by atoms with Gasteiger partial charge in [0.15, 0.2) is 0 Å². The van der Waals surface area contributed by atoms with Crippen molar-refractivity contribution >= 4 is 23.9 Å². The molecule has 8 nitrogen and oxygen atoms in total. The van der Waals surface area contributed by atoms with Crippen molar-refractivity contribution in [3.8, 4) is 6.07 Å². The molecular weight excluding hydrogens is 346 g/mol. The average molecular weight is 363 g/mol. The lowest BCUT2D eigenvalue weighted by molar-refractivity contribution is -0.119. The number of piperazine rings is 1. The van der Waals surface area contributed by atoms with Crippen LogP contribution in [-0.2, 0) is 4.79 Å². The molecule has 0 unspecified atom stereocenters. The van der Waals surface area contributed by atoms with Gasteiger partial charge in [0.05, 0.1) is 11.6 Å². The van der Waals surface area contributed by atoms with Gasteiger partial charge >= 0.3 is 0 Å². The monoisotopic (exact) mass is 363 g/mol. The van der Waals surface area contributed by atoms with Gasteiger partial charge in [0.25, 0.3) is 11.8 Å². The number of nitrogens with zero attached hydrogens (tertiary/aromatic N) is 4. The molecule has 8 heteroatoms. The summed E-state index contributed by atoms with van der Waals surface area (Å²) in [5.74, 6) is -0.672. The summed E-state index contributed by atoms with van der Waals surface area (Å²) in [5.41, 5.74) is 1.37. The number of hydrogen-bond acceptors (Lipinski definition) is 5. The van der Waals surface area contributed by atoms with Crippen LogP contribution in [0, 0.1) is 11.3 Å². The lowest BCUT2D eigenvalue weighted by atomic mass is 10.1. The standard InChI is InChI=1S/C19H17N5O3/c20-12-14-2-1-3-16(10-14)22-18(26)17-11-15(4-5-21-17)19(27)24-8-6-23(13-25)7-9-24/h1-5,10-11,13H,6-9H2,(H,22,26). The average Bonchev–Trinajstić information content (AvgIpc) is 2.73. The van der Waals surface area contributed by atoms with Crippen molar-refractivity contribution in [3.63, 3.8) is 0 Å². The molecule has 1 saturated heterocycles. The van der Waals surface area contributed by atoms with E-state index in [1.165, 1.54) is 12.3 Å². The summed E-state index contributed by atoms with van der Waals surface area (Å²) in [5, 5.41) is 11.6. The Morgan fingerprint density at radius 3 is 2.63 bits per heavy atom. The maximum Gasteiger partial charge on any atom is 0.274 e. The van der Waals surface area contributed by atoms with E-state index >= 15 is 0 Å². The van der Waals surface area contributed by atoms with E-state index in [2.05, 4.69) is 10.3 Å². The number of benzene rings is 1. The normalized spacial score (nSPS) is 13.6. The van der Waals surface area contributed by atoms with Gasteiger partial charge in [-0.3, -0.25) is 19.4 Å². The van der Waals surface area contributed by atoms with Crippen molar-refractivity contribution in [2.75, 3.05) is 31.5 Å². The smallest absolute Gasteiger partial charge is 0.274 e. The van der Waals surface area contributed by atoms with Crippen LogP contribution in [0.4, 0.5) is 5.69 Å². The molecule has 1 aliphatic rings. The number of amides is 3. The second kappa shape index (κ2) is 8.10. The van der Waals surface area contributed by atoms with Crippen molar-refractivity contribution in [3.05, 3.63) is 59.4 Å². The fourth-order valence-electron chi connectivity index (χ4n) is 2.76. The van der Waals surface area contributed by atoms with E-state index < -0.39 is 5.91 Å². The molecule has 1 aromatic carbocycles. The maximum atomic E-state index is 12.6. The Kier molecular flexibility index (Phi) is 5.42. The Labute approximate surface area is 156 Å². The van der Waals surface area contributed by atoms with E-state index in [4.69, 9.17) is 5.26 Å². The second-order valence-corrected chi connectivity index (χ2v) is 6.01. The first-order valence-electron chi connectivity index (χ1n) is 8.37. The number of nitriles is 1. The van der Waals surface area contributed by atoms with Gasteiger partial charge in [0, 0.05) is 43.6 Å². The molecule has 0 bridgehead atoms. The molecular formula is C19H17N5O3. The van der Waals surface area contributed by atoms with E-state index in [1.807, 2.05) is 6.07 Å². The highest BCUT2D eigenvalue weighted by Gasteiger charge is 2.22. The van der Waals surface area contributed by atoms with Crippen LogP contribution in [0.3, 0.4) is 0 Å². The topological polar surface area (TPSA) is 106 Å². The molecule has 2 aromatic rings. The van der Waals surface area contributed by atoms with Crippen LogP contribution in [0.25, 0.3) is 0 Å². The lowest BCUT2D eigenvalue weighted by Gasteiger charge is -2.32. The molecule has 27 heavy (non-hydrogen) atoms. The zero-order valence-electron chi connectivity index (χ0n) is 14.5. The van der Waals surface area contributed by atoms with Gasteiger partial charge in [0.1, 0.15) is 5.69 Å². The largest absolute Gasteiger partial charge is 0.342 e. The third-order valence-corrected chi connectivity index (χ3v) is 4.24. The number of hydrogen-bond donors (Lipinski definition) is 1. The molecule has 1 aliphatic heterocycles. The van der Waals surface area contributed by atoms with E-state index in [0.717, 1.165) is 6.41 Å². The van der Waals surface area contributed by atoms with Crippen LogP contribution in [0.2, 0.25) is 0 Å². The predicted molar refractivity (Wildman–Crippen MR) is 96.9 cm³/mol. The van der Waals surface area contributed by atoms with Gasteiger partial charge in [-0.15, -0.1) is 0 Å². The van der Waals surface area contributed by atoms with Crippen LogP contribution >= 0.6 is 0 Å². The number of anilines is 1. The number of nitrogens with one attached hydrogen (secondary N) is 1. The molecule has 136 valence electrons. The Morgan fingerprint density at radius 2 is 1.93 bits per heavy atom. The number of carbonyl (C=O) groups excluding carboxylic acids is 3. The minimum absolute atomic E-state index is 0.106. The third-order valence-electron chi connectivity index (χ3n) is 4.24. The molecule has 0 spiro atoms. The number of pyridine rings is 1. The van der Waals surface area contributed by atoms with Crippen LogP contribution in [0.15, 0.2) is 42.6 Å². The van der Waals surface area contributed by atoms with Crippen molar-refractivity contribution < 1.29 is 14.4 Å². The highest BCUT2D eigenvalue weighted by molar-refractivity contribution is 6.04. The first-order chi connectivity index (χ1) is 13.1. The molecule has 3 amide bonds. The number of aromatic nitrogens is 1. The third kappa shape index (κ3) is 4.27. The van der Waals surface area contributed by atoms with Crippen LogP contribution < -0.4 is 5.32 Å². The molecule has 1 N–H and O–H groups in total.